The largest absolute Gasteiger partial charge is 0.337 e. The fraction of sp³-hybridized carbons (Fsp3) is 0.500. The van der Waals surface area contributed by atoms with Crippen LogP contribution < -0.4 is 5.32 Å². The van der Waals surface area contributed by atoms with Crippen LogP contribution in [0.2, 0.25) is 0 Å². The fourth-order valence-corrected chi connectivity index (χ4v) is 3.46. The number of amides is 1. The van der Waals surface area contributed by atoms with Crippen molar-refractivity contribution in [1.29, 1.82) is 5.26 Å². The average Bonchev–Trinajstić information content (AvgIpc) is 2.51. The smallest absolute Gasteiger partial charge is 0.234 e. The maximum atomic E-state index is 13.2. The monoisotopic (exact) mass is 324 g/mol. The highest BCUT2D eigenvalue weighted by atomic mass is 32.2. The summed E-state index contributed by atoms with van der Waals surface area (Å²) in [6.45, 7) is 1.69. The quantitative estimate of drug-likeness (QED) is 0.857. The second-order valence-electron chi connectivity index (χ2n) is 5.58. The van der Waals surface area contributed by atoms with E-state index in [1.54, 1.807) is 6.92 Å². The minimum atomic E-state index is -0.932. The van der Waals surface area contributed by atoms with Crippen molar-refractivity contribution in [1.82, 2.24) is 5.32 Å². The van der Waals surface area contributed by atoms with Crippen LogP contribution in [0.1, 0.15) is 39.0 Å². The molecule has 1 aliphatic carbocycles. The SMILES string of the molecule is CC(Sc1ccc(F)c(F)c1)C(=O)NC1(C#N)CCCCC1. The number of rotatable bonds is 4. The third-order valence-corrected chi connectivity index (χ3v) is 4.95. The minimum absolute atomic E-state index is 0.252. The Labute approximate surface area is 133 Å². The summed E-state index contributed by atoms with van der Waals surface area (Å²) < 4.78 is 26.1. The highest BCUT2D eigenvalue weighted by Crippen LogP contribution is 2.29. The third kappa shape index (κ3) is 3.98. The van der Waals surface area contributed by atoms with Gasteiger partial charge in [-0.05, 0) is 38.0 Å². The van der Waals surface area contributed by atoms with E-state index in [-0.39, 0.29) is 5.91 Å². The number of benzene rings is 1. The van der Waals surface area contributed by atoms with Crippen molar-refractivity contribution in [2.75, 3.05) is 0 Å². The molecule has 2 rings (SSSR count). The third-order valence-electron chi connectivity index (χ3n) is 3.86. The number of thioether (sulfide) groups is 1. The number of nitrogens with zero attached hydrogens (tertiary/aromatic N) is 1. The van der Waals surface area contributed by atoms with Crippen molar-refractivity contribution in [3.05, 3.63) is 29.8 Å². The molecule has 0 saturated heterocycles. The molecule has 1 unspecified atom stereocenters. The summed E-state index contributed by atoms with van der Waals surface area (Å²) in [5, 5.41) is 11.7. The number of carbonyl (C=O) groups excluding carboxylic acids is 1. The molecule has 6 heteroatoms. The van der Waals surface area contributed by atoms with Crippen LogP contribution in [0.3, 0.4) is 0 Å². The Kier molecular flexibility index (Phi) is 5.41. The molecule has 0 heterocycles. The number of carbonyl (C=O) groups is 1. The Balaban J connectivity index is 1.99. The van der Waals surface area contributed by atoms with Crippen LogP contribution in [-0.4, -0.2) is 16.7 Å². The molecule has 1 aromatic rings. The second-order valence-corrected chi connectivity index (χ2v) is 6.99. The van der Waals surface area contributed by atoms with E-state index in [1.807, 2.05) is 0 Å². The van der Waals surface area contributed by atoms with Gasteiger partial charge in [0.15, 0.2) is 11.6 Å². The normalized spacial score (nSPS) is 18.3. The van der Waals surface area contributed by atoms with E-state index in [0.29, 0.717) is 17.7 Å². The van der Waals surface area contributed by atoms with E-state index in [2.05, 4.69) is 11.4 Å². The molecule has 3 nitrogen and oxygen atoms in total. The van der Waals surface area contributed by atoms with E-state index in [4.69, 9.17) is 0 Å². The zero-order valence-corrected chi connectivity index (χ0v) is 13.2. The number of hydrogen-bond donors (Lipinski definition) is 1. The van der Waals surface area contributed by atoms with Crippen LogP contribution in [0.5, 0.6) is 0 Å². The summed E-state index contributed by atoms with van der Waals surface area (Å²) in [6.07, 6.45) is 4.27. The molecule has 1 amide bonds. The standard InChI is InChI=1S/C16H18F2N2OS/c1-11(22-12-5-6-13(17)14(18)9-12)15(21)20-16(10-19)7-3-2-4-8-16/h5-6,9,11H,2-4,7-8H2,1H3,(H,20,21). The predicted octanol–water partition coefficient (Wildman–Crippen LogP) is 3.79. The van der Waals surface area contributed by atoms with Gasteiger partial charge in [0.2, 0.25) is 5.91 Å². The second kappa shape index (κ2) is 7.10. The van der Waals surface area contributed by atoms with Gasteiger partial charge >= 0.3 is 0 Å². The Hall–Kier alpha value is -1.61. The first-order valence-electron chi connectivity index (χ1n) is 7.31. The highest BCUT2D eigenvalue weighted by molar-refractivity contribution is 8.00. The van der Waals surface area contributed by atoms with Gasteiger partial charge in [-0.15, -0.1) is 11.8 Å². The molecule has 1 saturated carbocycles. The number of hydrogen-bond acceptors (Lipinski definition) is 3. The van der Waals surface area contributed by atoms with Gasteiger partial charge in [0.1, 0.15) is 5.54 Å². The van der Waals surface area contributed by atoms with Crippen molar-refractivity contribution in [2.24, 2.45) is 0 Å². The van der Waals surface area contributed by atoms with Crippen molar-refractivity contribution in [2.45, 2.75) is 54.7 Å². The molecule has 0 aromatic heterocycles. The summed E-state index contributed by atoms with van der Waals surface area (Å²) in [6, 6.07) is 5.79. The zero-order valence-electron chi connectivity index (χ0n) is 12.4. The minimum Gasteiger partial charge on any atom is -0.337 e. The van der Waals surface area contributed by atoms with E-state index in [9.17, 15) is 18.8 Å². The average molecular weight is 324 g/mol. The van der Waals surface area contributed by atoms with Gasteiger partial charge in [0, 0.05) is 4.90 Å². The van der Waals surface area contributed by atoms with E-state index in [1.165, 1.54) is 6.07 Å². The molecule has 0 radical (unpaired) electrons. The Morgan fingerprint density at radius 2 is 2.00 bits per heavy atom. The molecule has 118 valence electrons. The molecule has 0 aliphatic heterocycles. The van der Waals surface area contributed by atoms with Crippen molar-refractivity contribution >= 4 is 17.7 Å². The molecule has 22 heavy (non-hydrogen) atoms. The topological polar surface area (TPSA) is 52.9 Å². The van der Waals surface area contributed by atoms with Crippen LogP contribution in [0.15, 0.2) is 23.1 Å². The molecule has 1 atom stereocenters. The molecular formula is C16H18F2N2OS. The van der Waals surface area contributed by atoms with E-state index >= 15 is 0 Å². The van der Waals surface area contributed by atoms with Gasteiger partial charge in [-0.2, -0.15) is 5.26 Å². The van der Waals surface area contributed by atoms with Crippen molar-refractivity contribution in [3.8, 4) is 6.07 Å². The lowest BCUT2D eigenvalue weighted by Gasteiger charge is -2.32. The molecular weight excluding hydrogens is 306 g/mol. The van der Waals surface area contributed by atoms with Crippen LogP contribution in [0.4, 0.5) is 8.78 Å². The predicted molar refractivity (Wildman–Crippen MR) is 81.2 cm³/mol. The molecule has 0 spiro atoms. The summed E-state index contributed by atoms with van der Waals surface area (Å²) in [4.78, 5) is 12.8. The Morgan fingerprint density at radius 3 is 2.59 bits per heavy atom. The van der Waals surface area contributed by atoms with Gasteiger partial charge in [-0.3, -0.25) is 4.79 Å². The van der Waals surface area contributed by atoms with Gasteiger partial charge in [-0.1, -0.05) is 19.3 Å². The Morgan fingerprint density at radius 1 is 1.32 bits per heavy atom. The van der Waals surface area contributed by atoms with E-state index in [0.717, 1.165) is 43.2 Å². The molecule has 0 bridgehead atoms. The molecule has 1 fully saturated rings. The number of nitrogens with one attached hydrogen (secondary N) is 1. The van der Waals surface area contributed by atoms with Crippen LogP contribution in [0.25, 0.3) is 0 Å². The first kappa shape index (κ1) is 16.8. The number of nitriles is 1. The number of halogens is 2. The molecule has 1 aliphatic rings. The highest BCUT2D eigenvalue weighted by Gasteiger charge is 2.34. The van der Waals surface area contributed by atoms with E-state index < -0.39 is 22.4 Å². The molecule has 1 N–H and O–H groups in total. The van der Waals surface area contributed by atoms with Crippen molar-refractivity contribution in [3.63, 3.8) is 0 Å². The van der Waals surface area contributed by atoms with Gasteiger partial charge in [0.05, 0.1) is 11.3 Å². The van der Waals surface area contributed by atoms with Crippen molar-refractivity contribution < 1.29 is 13.6 Å². The zero-order chi connectivity index (χ0) is 16.2. The Bertz CT molecular complexity index is 594. The first-order chi connectivity index (χ1) is 10.5. The van der Waals surface area contributed by atoms with Crippen LogP contribution in [-0.2, 0) is 4.79 Å². The van der Waals surface area contributed by atoms with Crippen LogP contribution >= 0.6 is 11.8 Å². The van der Waals surface area contributed by atoms with Gasteiger partial charge in [-0.25, -0.2) is 8.78 Å². The summed E-state index contributed by atoms with van der Waals surface area (Å²) in [7, 11) is 0. The van der Waals surface area contributed by atoms with Crippen LogP contribution in [0, 0.1) is 23.0 Å². The van der Waals surface area contributed by atoms with Gasteiger partial charge < -0.3 is 5.32 Å². The fourth-order valence-electron chi connectivity index (χ4n) is 2.57. The van der Waals surface area contributed by atoms with Gasteiger partial charge in [0.25, 0.3) is 0 Å². The summed E-state index contributed by atoms with van der Waals surface area (Å²) >= 11 is 1.14. The summed E-state index contributed by atoms with van der Waals surface area (Å²) in [5.74, 6) is -2.09. The maximum absolute atomic E-state index is 13.2. The first-order valence-corrected chi connectivity index (χ1v) is 8.19. The lowest BCUT2D eigenvalue weighted by molar-refractivity contribution is -0.121. The molecule has 1 aromatic carbocycles. The maximum Gasteiger partial charge on any atom is 0.234 e. The lowest BCUT2D eigenvalue weighted by atomic mass is 9.83. The lowest BCUT2D eigenvalue weighted by Crippen LogP contribution is -2.50. The summed E-state index contributed by atoms with van der Waals surface area (Å²) in [5.41, 5.74) is -0.780.